The first-order chi connectivity index (χ1) is 11.4. The summed E-state index contributed by atoms with van der Waals surface area (Å²) >= 11 is 0. The van der Waals surface area contributed by atoms with Crippen LogP contribution in [0, 0.1) is 11.8 Å². The third-order valence-corrected chi connectivity index (χ3v) is 5.37. The lowest BCUT2D eigenvalue weighted by atomic mass is 9.88. The summed E-state index contributed by atoms with van der Waals surface area (Å²) in [5, 5.41) is 0. The maximum Gasteiger partial charge on any atom is 0.334 e. The van der Waals surface area contributed by atoms with Crippen LogP contribution in [-0.4, -0.2) is 24.1 Å². The van der Waals surface area contributed by atoms with E-state index in [4.69, 9.17) is 9.47 Å². The van der Waals surface area contributed by atoms with Crippen molar-refractivity contribution in [2.75, 3.05) is 0 Å². The second kappa shape index (κ2) is 6.96. The fourth-order valence-corrected chi connectivity index (χ4v) is 3.93. The van der Waals surface area contributed by atoms with Gasteiger partial charge in [-0.25, -0.2) is 4.79 Å². The van der Waals surface area contributed by atoms with Crippen LogP contribution in [0.3, 0.4) is 0 Å². The summed E-state index contributed by atoms with van der Waals surface area (Å²) in [6, 6.07) is 0. The molecule has 130 valence electrons. The summed E-state index contributed by atoms with van der Waals surface area (Å²) in [5.41, 5.74) is 2.98. The number of hydrogen-bond acceptors (Lipinski definition) is 4. The topological polar surface area (TPSA) is 52.6 Å². The molecule has 0 aromatic heterocycles. The Hall–Kier alpha value is -1.84. The molecule has 3 aliphatic rings. The fraction of sp³-hybridized carbons (Fsp3) is 0.600. The molecule has 0 radical (unpaired) electrons. The van der Waals surface area contributed by atoms with Crippen LogP contribution in [0.1, 0.15) is 52.4 Å². The number of esters is 2. The molecule has 4 atom stereocenters. The molecule has 4 nitrogen and oxygen atoms in total. The quantitative estimate of drug-likeness (QED) is 0.384. The van der Waals surface area contributed by atoms with Gasteiger partial charge in [-0.3, -0.25) is 4.79 Å². The zero-order chi connectivity index (χ0) is 17.3. The Bertz CT molecular complexity index is 613. The molecule has 24 heavy (non-hydrogen) atoms. The highest BCUT2D eigenvalue weighted by Gasteiger charge is 2.38. The normalized spacial score (nSPS) is 39.0. The molecule has 0 N–H and O–H groups in total. The number of ether oxygens (including phenoxy) is 2. The third kappa shape index (κ3) is 3.63. The van der Waals surface area contributed by atoms with Crippen LogP contribution < -0.4 is 0 Å². The number of carbonyl (C=O) groups excluding carboxylic acids is 2. The van der Waals surface area contributed by atoms with Crippen molar-refractivity contribution in [3.63, 3.8) is 0 Å². The van der Waals surface area contributed by atoms with Crippen molar-refractivity contribution in [3.05, 3.63) is 35.5 Å². The molecule has 2 fully saturated rings. The van der Waals surface area contributed by atoms with E-state index in [9.17, 15) is 9.59 Å². The molecule has 0 aromatic carbocycles. The molecule has 2 bridgehead atoms. The van der Waals surface area contributed by atoms with E-state index in [1.54, 1.807) is 0 Å². The molecule has 2 unspecified atom stereocenters. The van der Waals surface area contributed by atoms with E-state index in [1.807, 2.05) is 13.0 Å². The van der Waals surface area contributed by atoms with Gasteiger partial charge in [-0.15, -0.1) is 0 Å². The SMILES string of the molecule is C=C1C(=O)O[C@H]2/C=C(\C)CC3CC(CC/C=C(\C)CC[C@H]12)C(=O)O3. The molecule has 0 amide bonds. The number of allylic oxidation sites excluding steroid dienone is 2. The Balaban J connectivity index is 1.83. The lowest BCUT2D eigenvalue weighted by molar-refractivity contribution is -0.144. The van der Waals surface area contributed by atoms with Gasteiger partial charge in [0.1, 0.15) is 12.2 Å². The number of carbonyl (C=O) groups is 2. The predicted octanol–water partition coefficient (Wildman–Crippen LogP) is 3.87. The van der Waals surface area contributed by atoms with Gasteiger partial charge in [0.25, 0.3) is 0 Å². The first kappa shape index (κ1) is 17.0. The molecule has 0 saturated carbocycles. The summed E-state index contributed by atoms with van der Waals surface area (Å²) in [5.74, 6) is -0.288. The Morgan fingerprint density at radius 2 is 1.92 bits per heavy atom. The Morgan fingerprint density at radius 1 is 1.12 bits per heavy atom. The van der Waals surface area contributed by atoms with E-state index in [0.717, 1.165) is 37.7 Å². The van der Waals surface area contributed by atoms with Gasteiger partial charge in [0.05, 0.1) is 5.92 Å². The first-order valence-corrected chi connectivity index (χ1v) is 8.87. The van der Waals surface area contributed by atoms with Gasteiger partial charge < -0.3 is 9.47 Å². The molecule has 0 aromatic rings. The third-order valence-electron chi connectivity index (χ3n) is 5.37. The van der Waals surface area contributed by atoms with Crippen LogP contribution in [-0.2, 0) is 19.1 Å². The van der Waals surface area contributed by atoms with Crippen molar-refractivity contribution in [2.45, 2.75) is 64.6 Å². The number of hydrogen-bond donors (Lipinski definition) is 0. The molecule has 4 heteroatoms. The maximum absolute atomic E-state index is 12.0. The molecule has 1 aliphatic carbocycles. The van der Waals surface area contributed by atoms with Gasteiger partial charge in [-0.1, -0.05) is 23.8 Å². The monoisotopic (exact) mass is 330 g/mol. The van der Waals surface area contributed by atoms with Gasteiger partial charge in [-0.05, 0) is 52.0 Å². The minimum atomic E-state index is -0.285. The Kier molecular flexibility index (Phi) is 4.93. The summed E-state index contributed by atoms with van der Waals surface area (Å²) in [6.45, 7) is 8.05. The van der Waals surface area contributed by atoms with Gasteiger partial charge >= 0.3 is 11.9 Å². The minimum absolute atomic E-state index is 0.0200. The van der Waals surface area contributed by atoms with Crippen molar-refractivity contribution < 1.29 is 19.1 Å². The summed E-state index contributed by atoms with van der Waals surface area (Å²) < 4.78 is 11.0. The molecule has 3 rings (SSSR count). The fourth-order valence-electron chi connectivity index (χ4n) is 3.93. The lowest BCUT2D eigenvalue weighted by Crippen LogP contribution is -2.16. The first-order valence-electron chi connectivity index (χ1n) is 8.87. The van der Waals surface area contributed by atoms with Crippen LogP contribution in [0.4, 0.5) is 0 Å². The molecule has 2 saturated heterocycles. The zero-order valence-corrected chi connectivity index (χ0v) is 14.5. The highest BCUT2D eigenvalue weighted by atomic mass is 16.6. The molecule has 2 aliphatic heterocycles. The summed E-state index contributed by atoms with van der Waals surface area (Å²) in [7, 11) is 0. The second-order valence-electron chi connectivity index (χ2n) is 7.38. The highest BCUT2D eigenvalue weighted by molar-refractivity contribution is 5.91. The van der Waals surface area contributed by atoms with Crippen molar-refractivity contribution in [3.8, 4) is 0 Å². The van der Waals surface area contributed by atoms with Gasteiger partial charge in [-0.2, -0.15) is 0 Å². The van der Waals surface area contributed by atoms with Crippen molar-refractivity contribution >= 4 is 11.9 Å². The minimum Gasteiger partial charge on any atom is -0.462 e. The van der Waals surface area contributed by atoms with Crippen LogP contribution in [0.25, 0.3) is 0 Å². The zero-order valence-electron chi connectivity index (χ0n) is 14.5. The highest BCUT2D eigenvalue weighted by Crippen LogP contribution is 2.35. The molecule has 2 heterocycles. The van der Waals surface area contributed by atoms with E-state index >= 15 is 0 Å². The Labute approximate surface area is 143 Å². The standard InChI is InChI=1S/C20H26O4/c1-12-5-4-6-15-11-16(23-20(15)22)9-13(2)10-18-17(8-7-12)14(3)19(21)24-18/h5,10,15-18H,3-4,6-9,11H2,1-2H3/b12-5+,13-10+/t15?,16?,17-,18+/m1/s1. The lowest BCUT2D eigenvalue weighted by Gasteiger charge is -2.17. The molecular weight excluding hydrogens is 304 g/mol. The van der Waals surface area contributed by atoms with E-state index in [1.165, 1.54) is 5.57 Å². The van der Waals surface area contributed by atoms with Gasteiger partial charge in [0, 0.05) is 17.9 Å². The number of fused-ring (bicyclic) bond motifs is 3. The van der Waals surface area contributed by atoms with Crippen LogP contribution in [0.15, 0.2) is 35.5 Å². The van der Waals surface area contributed by atoms with Crippen molar-refractivity contribution in [1.29, 1.82) is 0 Å². The largest absolute Gasteiger partial charge is 0.462 e. The molecular formula is C20H26O4. The van der Waals surface area contributed by atoms with E-state index in [-0.39, 0.29) is 36.0 Å². The van der Waals surface area contributed by atoms with E-state index in [2.05, 4.69) is 19.6 Å². The maximum atomic E-state index is 12.0. The van der Waals surface area contributed by atoms with E-state index < -0.39 is 0 Å². The van der Waals surface area contributed by atoms with Crippen LogP contribution in [0.5, 0.6) is 0 Å². The summed E-state index contributed by atoms with van der Waals surface area (Å²) in [4.78, 5) is 23.9. The van der Waals surface area contributed by atoms with Gasteiger partial charge in [0.2, 0.25) is 0 Å². The second-order valence-corrected chi connectivity index (χ2v) is 7.38. The summed E-state index contributed by atoms with van der Waals surface area (Å²) in [6.07, 6.45) is 8.98. The van der Waals surface area contributed by atoms with Crippen molar-refractivity contribution in [1.82, 2.24) is 0 Å². The average Bonchev–Trinajstić information content (AvgIpc) is 2.97. The average molecular weight is 330 g/mol. The van der Waals surface area contributed by atoms with E-state index in [0.29, 0.717) is 12.0 Å². The van der Waals surface area contributed by atoms with Gasteiger partial charge in [0.15, 0.2) is 0 Å². The van der Waals surface area contributed by atoms with Crippen LogP contribution in [0.2, 0.25) is 0 Å². The smallest absolute Gasteiger partial charge is 0.334 e. The number of rotatable bonds is 0. The van der Waals surface area contributed by atoms with Crippen LogP contribution >= 0.6 is 0 Å². The predicted molar refractivity (Wildman–Crippen MR) is 91.1 cm³/mol. The Morgan fingerprint density at radius 3 is 2.71 bits per heavy atom. The molecule has 0 spiro atoms. The van der Waals surface area contributed by atoms with Crippen molar-refractivity contribution in [2.24, 2.45) is 11.8 Å².